The van der Waals surface area contributed by atoms with Crippen LogP contribution in [0.15, 0.2) is 18.2 Å². The molecule has 106 valence electrons. The Labute approximate surface area is 111 Å². The highest BCUT2D eigenvalue weighted by Crippen LogP contribution is 2.21. The lowest BCUT2D eigenvalue weighted by molar-refractivity contribution is -0.0421. The van der Waals surface area contributed by atoms with E-state index in [0.29, 0.717) is 26.2 Å². The molecule has 1 N–H and O–H groups in total. The lowest BCUT2D eigenvalue weighted by Crippen LogP contribution is -2.43. The van der Waals surface area contributed by atoms with Crippen molar-refractivity contribution >= 4 is 0 Å². The summed E-state index contributed by atoms with van der Waals surface area (Å²) >= 11 is 0. The summed E-state index contributed by atoms with van der Waals surface area (Å²) in [5, 5.41) is 10.0. The molecule has 2 atom stereocenters. The topological polar surface area (TPSA) is 32.7 Å². The van der Waals surface area contributed by atoms with Crippen LogP contribution in [-0.4, -0.2) is 42.4 Å². The highest BCUT2D eigenvalue weighted by Gasteiger charge is 2.23. The molecule has 1 aromatic carbocycles. The lowest BCUT2D eigenvalue weighted by atomic mass is 10.1. The van der Waals surface area contributed by atoms with Gasteiger partial charge in [0.15, 0.2) is 11.6 Å². The maximum atomic E-state index is 13.6. The number of ether oxygens (including phenoxy) is 1. The van der Waals surface area contributed by atoms with E-state index in [2.05, 4.69) is 0 Å². The second-order valence-electron chi connectivity index (χ2n) is 4.82. The van der Waals surface area contributed by atoms with Gasteiger partial charge in [-0.3, -0.25) is 4.90 Å². The van der Waals surface area contributed by atoms with E-state index in [9.17, 15) is 13.9 Å². The molecule has 1 saturated heterocycles. The van der Waals surface area contributed by atoms with Crippen LogP contribution in [0.3, 0.4) is 0 Å². The Balaban J connectivity index is 2.00. The lowest BCUT2D eigenvalue weighted by Gasteiger charge is -2.33. The minimum atomic E-state index is -1.02. The van der Waals surface area contributed by atoms with Crippen molar-refractivity contribution in [1.82, 2.24) is 4.90 Å². The van der Waals surface area contributed by atoms with Gasteiger partial charge in [-0.1, -0.05) is 19.1 Å². The maximum absolute atomic E-state index is 13.6. The summed E-state index contributed by atoms with van der Waals surface area (Å²) in [5.74, 6) is -1.89. The van der Waals surface area contributed by atoms with E-state index in [4.69, 9.17) is 4.74 Å². The Morgan fingerprint density at radius 2 is 2.26 bits per heavy atom. The van der Waals surface area contributed by atoms with Crippen molar-refractivity contribution in [1.29, 1.82) is 0 Å². The molecule has 2 rings (SSSR count). The van der Waals surface area contributed by atoms with Crippen LogP contribution in [0.5, 0.6) is 0 Å². The fourth-order valence-corrected chi connectivity index (χ4v) is 2.31. The number of nitrogens with zero attached hydrogens (tertiary/aromatic N) is 1. The molecule has 0 bridgehead atoms. The SMILES string of the molecule is CCC1CN(CC(O)c2cccc(F)c2F)CCO1. The van der Waals surface area contributed by atoms with E-state index in [0.717, 1.165) is 12.5 Å². The number of morpholine rings is 1. The molecule has 19 heavy (non-hydrogen) atoms. The first-order chi connectivity index (χ1) is 9.11. The van der Waals surface area contributed by atoms with Crippen molar-refractivity contribution in [2.24, 2.45) is 0 Å². The summed E-state index contributed by atoms with van der Waals surface area (Å²) < 4.78 is 32.2. The summed E-state index contributed by atoms with van der Waals surface area (Å²) in [6, 6.07) is 3.87. The van der Waals surface area contributed by atoms with Gasteiger partial charge in [0.2, 0.25) is 0 Å². The largest absolute Gasteiger partial charge is 0.387 e. The number of β-amino-alcohol motifs (C(OH)–C–C–N with tert-alkyl or cyclic N) is 1. The molecule has 0 radical (unpaired) electrons. The fourth-order valence-electron chi connectivity index (χ4n) is 2.31. The zero-order chi connectivity index (χ0) is 13.8. The van der Waals surface area contributed by atoms with E-state index in [1.54, 1.807) is 0 Å². The van der Waals surface area contributed by atoms with Gasteiger partial charge in [-0.15, -0.1) is 0 Å². The molecule has 1 fully saturated rings. The first-order valence-corrected chi connectivity index (χ1v) is 6.57. The first-order valence-electron chi connectivity index (χ1n) is 6.57. The quantitative estimate of drug-likeness (QED) is 0.910. The molecule has 1 aliphatic rings. The summed E-state index contributed by atoms with van der Waals surface area (Å²) in [5.41, 5.74) is 0.0135. The van der Waals surface area contributed by atoms with Crippen molar-refractivity contribution in [3.05, 3.63) is 35.4 Å². The van der Waals surface area contributed by atoms with Crippen LogP contribution in [0, 0.1) is 11.6 Å². The number of aliphatic hydroxyl groups excluding tert-OH is 1. The number of rotatable bonds is 4. The summed E-state index contributed by atoms with van der Waals surface area (Å²) in [6.45, 7) is 4.35. The molecular formula is C14H19F2NO2. The predicted molar refractivity (Wildman–Crippen MR) is 67.8 cm³/mol. The van der Waals surface area contributed by atoms with Crippen molar-refractivity contribution in [2.45, 2.75) is 25.6 Å². The minimum Gasteiger partial charge on any atom is -0.387 e. The smallest absolute Gasteiger partial charge is 0.164 e. The van der Waals surface area contributed by atoms with Crippen LogP contribution in [0.4, 0.5) is 8.78 Å². The zero-order valence-corrected chi connectivity index (χ0v) is 11.0. The van der Waals surface area contributed by atoms with E-state index >= 15 is 0 Å². The van der Waals surface area contributed by atoms with E-state index < -0.39 is 17.7 Å². The van der Waals surface area contributed by atoms with Crippen molar-refractivity contribution in [3.8, 4) is 0 Å². The fraction of sp³-hybridized carbons (Fsp3) is 0.571. The van der Waals surface area contributed by atoms with E-state index in [1.807, 2.05) is 11.8 Å². The second kappa shape index (κ2) is 6.41. The van der Waals surface area contributed by atoms with Gasteiger partial charge in [-0.05, 0) is 12.5 Å². The highest BCUT2D eigenvalue weighted by atomic mass is 19.2. The predicted octanol–water partition coefficient (Wildman–Crippen LogP) is 2.11. The molecule has 2 unspecified atom stereocenters. The second-order valence-corrected chi connectivity index (χ2v) is 4.82. The molecule has 0 saturated carbocycles. The number of halogens is 2. The molecule has 0 aliphatic carbocycles. The normalized spacial score (nSPS) is 22.4. The molecule has 0 spiro atoms. The number of hydrogen-bond donors (Lipinski definition) is 1. The van der Waals surface area contributed by atoms with Crippen molar-refractivity contribution in [3.63, 3.8) is 0 Å². The molecule has 1 aliphatic heterocycles. The van der Waals surface area contributed by atoms with Crippen LogP contribution in [-0.2, 0) is 4.74 Å². The first kappa shape index (κ1) is 14.4. The Kier molecular flexibility index (Phi) is 4.85. The summed E-state index contributed by atoms with van der Waals surface area (Å²) in [7, 11) is 0. The molecule has 3 nitrogen and oxygen atoms in total. The highest BCUT2D eigenvalue weighted by molar-refractivity contribution is 5.21. The summed E-state index contributed by atoms with van der Waals surface area (Å²) in [4.78, 5) is 2.02. The van der Waals surface area contributed by atoms with Crippen LogP contribution in [0.25, 0.3) is 0 Å². The van der Waals surface area contributed by atoms with Crippen LogP contribution >= 0.6 is 0 Å². The number of benzene rings is 1. The molecule has 1 heterocycles. The molecule has 0 amide bonds. The third-order valence-electron chi connectivity index (χ3n) is 3.45. The van der Waals surface area contributed by atoms with Gasteiger partial charge in [0.05, 0.1) is 18.8 Å². The third-order valence-corrected chi connectivity index (χ3v) is 3.45. The van der Waals surface area contributed by atoms with Crippen molar-refractivity contribution in [2.75, 3.05) is 26.2 Å². The Bertz CT molecular complexity index is 428. The van der Waals surface area contributed by atoms with Gasteiger partial charge in [0, 0.05) is 25.2 Å². The van der Waals surface area contributed by atoms with E-state index in [1.165, 1.54) is 12.1 Å². The van der Waals surface area contributed by atoms with Gasteiger partial charge in [0.25, 0.3) is 0 Å². The third kappa shape index (κ3) is 3.49. The Morgan fingerprint density at radius 3 is 3.00 bits per heavy atom. The Hall–Kier alpha value is -1.04. The molecule has 5 heteroatoms. The van der Waals surface area contributed by atoms with Gasteiger partial charge in [0.1, 0.15) is 0 Å². The number of aliphatic hydroxyl groups is 1. The van der Waals surface area contributed by atoms with Gasteiger partial charge < -0.3 is 9.84 Å². The molecular weight excluding hydrogens is 252 g/mol. The zero-order valence-electron chi connectivity index (χ0n) is 11.0. The van der Waals surface area contributed by atoms with Crippen molar-refractivity contribution < 1.29 is 18.6 Å². The molecule has 0 aromatic heterocycles. The van der Waals surface area contributed by atoms with Gasteiger partial charge in [-0.2, -0.15) is 0 Å². The minimum absolute atomic E-state index is 0.0135. The Morgan fingerprint density at radius 1 is 1.47 bits per heavy atom. The monoisotopic (exact) mass is 271 g/mol. The average Bonchev–Trinajstić information content (AvgIpc) is 2.42. The van der Waals surface area contributed by atoms with Crippen LogP contribution in [0.2, 0.25) is 0 Å². The van der Waals surface area contributed by atoms with Crippen LogP contribution < -0.4 is 0 Å². The van der Waals surface area contributed by atoms with Gasteiger partial charge >= 0.3 is 0 Å². The maximum Gasteiger partial charge on any atom is 0.164 e. The average molecular weight is 271 g/mol. The molecule has 1 aromatic rings. The van der Waals surface area contributed by atoms with Gasteiger partial charge in [-0.25, -0.2) is 8.78 Å². The van der Waals surface area contributed by atoms with Crippen LogP contribution in [0.1, 0.15) is 25.0 Å². The standard InChI is InChI=1S/C14H19F2NO2/c1-2-10-8-17(6-7-19-10)9-13(18)11-4-3-5-12(15)14(11)16/h3-5,10,13,18H,2,6-9H2,1H3. The summed E-state index contributed by atoms with van der Waals surface area (Å²) in [6.07, 6.45) is 0.0330. The number of hydrogen-bond acceptors (Lipinski definition) is 3. The van der Waals surface area contributed by atoms with E-state index in [-0.39, 0.29) is 11.7 Å².